The van der Waals surface area contributed by atoms with E-state index in [2.05, 4.69) is 27.9 Å². The molecule has 0 unspecified atom stereocenters. The first-order valence-corrected chi connectivity index (χ1v) is 10.6. The molecule has 1 saturated heterocycles. The second kappa shape index (κ2) is 8.50. The zero-order valence-electron chi connectivity index (χ0n) is 15.6. The van der Waals surface area contributed by atoms with Crippen molar-refractivity contribution in [3.63, 3.8) is 0 Å². The quantitative estimate of drug-likeness (QED) is 0.488. The number of aliphatic hydroxyl groups excluding tert-OH is 2. The van der Waals surface area contributed by atoms with Crippen LogP contribution in [0, 0.1) is 5.82 Å². The fourth-order valence-corrected chi connectivity index (χ4v) is 5.10. The highest BCUT2D eigenvalue weighted by atomic mass is 35.5. The van der Waals surface area contributed by atoms with Crippen LogP contribution in [0.1, 0.15) is 5.56 Å². The Morgan fingerprint density at radius 3 is 2.93 bits per heavy atom. The number of aromatic nitrogens is 4. The van der Waals surface area contributed by atoms with Crippen LogP contribution in [0.4, 0.5) is 4.39 Å². The number of nitrogens with zero attached hydrogens (tertiary/aromatic N) is 4. The molecule has 4 rings (SSSR count). The van der Waals surface area contributed by atoms with Crippen molar-refractivity contribution in [1.29, 1.82) is 0 Å². The molecule has 2 N–H and O–H groups in total. The molecule has 0 amide bonds. The summed E-state index contributed by atoms with van der Waals surface area (Å²) in [6.45, 7) is -0.535. The maximum Gasteiger partial charge on any atom is 0.150 e. The average molecular weight is 473 g/mol. The average Bonchev–Trinajstić information content (AvgIpc) is 3.43. The van der Waals surface area contributed by atoms with Gasteiger partial charge in [-0.15, -0.1) is 29.1 Å². The molecular formula is C18H18ClFN4O4S2. The van der Waals surface area contributed by atoms with Crippen molar-refractivity contribution in [3.05, 3.63) is 52.4 Å². The molecule has 0 aliphatic carbocycles. The van der Waals surface area contributed by atoms with Gasteiger partial charge in [0.25, 0.3) is 0 Å². The Bertz CT molecular complexity index is 1020. The first-order chi connectivity index (χ1) is 14.4. The molecule has 3 aromatic rings. The third-order valence-corrected chi connectivity index (χ3v) is 6.55. The standard InChI is InChI=1S/C18H18ClFN4O4S2/c1-27-15-17(29)28-13(8-25)14(26)18(15,10-6-9(19)2-3-11(10)20)24-7-12(22-23-24)16-21-4-5-30-16/h2-7,13-15,17,25-26,29H,8H2,1H3/t13-,14+,15+,17-,18+/m0/s1. The predicted molar refractivity (Wildman–Crippen MR) is 111 cm³/mol. The van der Waals surface area contributed by atoms with E-state index in [4.69, 9.17) is 21.1 Å². The van der Waals surface area contributed by atoms with Crippen molar-refractivity contribution in [2.24, 2.45) is 0 Å². The molecule has 5 atom stereocenters. The number of ether oxygens (including phenoxy) is 2. The second-order valence-electron chi connectivity index (χ2n) is 6.68. The van der Waals surface area contributed by atoms with Gasteiger partial charge in [0.15, 0.2) is 0 Å². The van der Waals surface area contributed by atoms with Crippen molar-refractivity contribution >= 4 is 35.6 Å². The second-order valence-corrected chi connectivity index (χ2v) is 8.52. The zero-order valence-corrected chi connectivity index (χ0v) is 18.1. The summed E-state index contributed by atoms with van der Waals surface area (Å²) in [6, 6.07) is 3.97. The fourth-order valence-electron chi connectivity index (χ4n) is 3.83. The van der Waals surface area contributed by atoms with Crippen LogP contribution in [-0.4, -0.2) is 67.7 Å². The molecule has 160 valence electrons. The predicted octanol–water partition coefficient (Wildman–Crippen LogP) is 1.96. The van der Waals surface area contributed by atoms with E-state index >= 15 is 4.39 Å². The smallest absolute Gasteiger partial charge is 0.150 e. The molecule has 0 saturated carbocycles. The number of methoxy groups -OCH3 is 1. The summed E-state index contributed by atoms with van der Waals surface area (Å²) in [5, 5.41) is 32.1. The molecule has 0 radical (unpaired) electrons. The van der Waals surface area contributed by atoms with Crippen molar-refractivity contribution in [2.45, 2.75) is 29.3 Å². The Morgan fingerprint density at radius 1 is 1.47 bits per heavy atom. The summed E-state index contributed by atoms with van der Waals surface area (Å²) in [5.74, 6) is -0.647. The maximum atomic E-state index is 15.2. The monoisotopic (exact) mass is 472 g/mol. The van der Waals surface area contributed by atoms with Gasteiger partial charge in [0, 0.05) is 29.3 Å². The molecule has 8 nitrogen and oxygen atoms in total. The summed E-state index contributed by atoms with van der Waals surface area (Å²) in [4.78, 5) is 4.21. The van der Waals surface area contributed by atoms with Gasteiger partial charge < -0.3 is 19.7 Å². The summed E-state index contributed by atoms with van der Waals surface area (Å²) < 4.78 is 27.7. The van der Waals surface area contributed by atoms with E-state index in [-0.39, 0.29) is 10.6 Å². The lowest BCUT2D eigenvalue weighted by Gasteiger charge is -2.51. The molecule has 1 aromatic carbocycles. The van der Waals surface area contributed by atoms with Gasteiger partial charge in [0.1, 0.15) is 45.8 Å². The van der Waals surface area contributed by atoms with Crippen LogP contribution in [0.5, 0.6) is 0 Å². The van der Waals surface area contributed by atoms with Gasteiger partial charge >= 0.3 is 0 Å². The van der Waals surface area contributed by atoms with Gasteiger partial charge in [0.2, 0.25) is 0 Å². The van der Waals surface area contributed by atoms with Crippen LogP contribution >= 0.6 is 35.6 Å². The number of aliphatic hydroxyl groups is 2. The summed E-state index contributed by atoms with van der Waals surface area (Å²) in [6.07, 6.45) is -0.427. The number of thiol groups is 1. The molecule has 30 heavy (non-hydrogen) atoms. The van der Waals surface area contributed by atoms with Gasteiger partial charge in [-0.2, -0.15) is 0 Å². The highest BCUT2D eigenvalue weighted by Gasteiger charge is 2.60. The minimum absolute atomic E-state index is 0.00531. The van der Waals surface area contributed by atoms with Gasteiger partial charge in [0.05, 0.1) is 12.8 Å². The van der Waals surface area contributed by atoms with Crippen LogP contribution in [0.3, 0.4) is 0 Å². The lowest BCUT2D eigenvalue weighted by molar-refractivity contribution is -0.214. The maximum absolute atomic E-state index is 15.2. The van der Waals surface area contributed by atoms with Crippen LogP contribution in [-0.2, 0) is 15.0 Å². The molecule has 12 heteroatoms. The number of hydrogen-bond acceptors (Lipinski definition) is 9. The Labute approximate surface area is 185 Å². The zero-order chi connectivity index (χ0) is 21.5. The van der Waals surface area contributed by atoms with Crippen LogP contribution < -0.4 is 0 Å². The summed E-state index contributed by atoms with van der Waals surface area (Å²) in [5.41, 5.74) is -2.19. The normalized spacial score (nSPS) is 29.3. The van der Waals surface area contributed by atoms with Crippen molar-refractivity contribution in [3.8, 4) is 10.7 Å². The van der Waals surface area contributed by atoms with Crippen molar-refractivity contribution in [1.82, 2.24) is 20.0 Å². The largest absolute Gasteiger partial charge is 0.394 e. The molecule has 0 bridgehead atoms. The van der Waals surface area contributed by atoms with Crippen LogP contribution in [0.15, 0.2) is 36.0 Å². The number of benzene rings is 1. The van der Waals surface area contributed by atoms with Gasteiger partial charge in [-0.1, -0.05) is 16.8 Å². The molecule has 0 spiro atoms. The first-order valence-electron chi connectivity index (χ1n) is 8.87. The van der Waals surface area contributed by atoms with Gasteiger partial charge in [-0.3, -0.25) is 0 Å². The number of halogens is 2. The molecule has 1 aliphatic rings. The van der Waals surface area contributed by atoms with Gasteiger partial charge in [-0.05, 0) is 18.2 Å². The number of rotatable bonds is 5. The van der Waals surface area contributed by atoms with E-state index in [1.165, 1.54) is 47.5 Å². The molecule has 1 aliphatic heterocycles. The van der Waals surface area contributed by atoms with Crippen molar-refractivity contribution in [2.75, 3.05) is 13.7 Å². The third kappa shape index (κ3) is 3.34. The Kier molecular flexibility index (Phi) is 6.13. The molecule has 2 aromatic heterocycles. The number of hydrogen-bond donors (Lipinski definition) is 3. The van der Waals surface area contributed by atoms with E-state index in [1.807, 2.05) is 0 Å². The fraction of sp³-hybridized carbons (Fsp3) is 0.389. The number of thiazole rings is 1. The Hall–Kier alpha value is -1.60. The Balaban J connectivity index is 2.01. The highest BCUT2D eigenvalue weighted by Crippen LogP contribution is 2.45. The third-order valence-electron chi connectivity index (χ3n) is 5.13. The topological polar surface area (TPSA) is 103 Å². The van der Waals surface area contributed by atoms with Crippen LogP contribution in [0.2, 0.25) is 5.02 Å². The lowest BCUT2D eigenvalue weighted by Crippen LogP contribution is -2.68. The molecule has 1 fully saturated rings. The molecular weight excluding hydrogens is 455 g/mol. The summed E-state index contributed by atoms with van der Waals surface area (Å²) in [7, 11) is 1.39. The van der Waals surface area contributed by atoms with Gasteiger partial charge in [-0.25, -0.2) is 14.1 Å². The highest BCUT2D eigenvalue weighted by molar-refractivity contribution is 7.80. The van der Waals surface area contributed by atoms with E-state index in [9.17, 15) is 10.2 Å². The van der Waals surface area contributed by atoms with Crippen molar-refractivity contribution < 1.29 is 24.1 Å². The minimum atomic E-state index is -1.69. The Morgan fingerprint density at radius 2 is 2.27 bits per heavy atom. The van der Waals surface area contributed by atoms with E-state index in [1.54, 1.807) is 11.6 Å². The summed E-state index contributed by atoms with van der Waals surface area (Å²) >= 11 is 12.0. The lowest BCUT2D eigenvalue weighted by atomic mass is 9.75. The molecule has 3 heterocycles. The van der Waals surface area contributed by atoms with E-state index in [0.29, 0.717) is 10.7 Å². The van der Waals surface area contributed by atoms with Crippen LogP contribution in [0.25, 0.3) is 10.7 Å². The van der Waals surface area contributed by atoms with E-state index in [0.717, 1.165) is 0 Å². The minimum Gasteiger partial charge on any atom is -0.394 e. The van der Waals surface area contributed by atoms with E-state index < -0.39 is 41.7 Å². The SMILES string of the molecule is CO[C@@H]1[C@H](S)O[C@@H](CO)[C@@H](O)[C@@]1(c1cc(Cl)ccc1F)n1cc(-c2nccs2)nn1. The first kappa shape index (κ1) is 21.6.